The highest BCUT2D eigenvalue weighted by Gasteiger charge is 2.31. The first-order chi connectivity index (χ1) is 22.2. The van der Waals surface area contributed by atoms with Gasteiger partial charge in [-0.1, -0.05) is 78.3 Å². The standard InChI is InChI=1S/C36H37ClFN3O4S/c37-31-15-8-29(9-16-31)25-39-36(43)34(24-28-6-2-1-3-7-28)41(26-30-10-17-32(38)18-11-30)35(42)21-14-27-12-19-33(20-13-27)46(44,45)40-22-4-5-23-40/h1-3,6-13,15-20,34H,4-5,14,21-26H2,(H,39,43)/t34-/m0/s1. The van der Waals surface area contributed by atoms with E-state index in [1.54, 1.807) is 53.4 Å². The molecule has 0 saturated carbocycles. The van der Waals surface area contributed by atoms with Crippen LogP contribution in [0.4, 0.5) is 4.39 Å². The topological polar surface area (TPSA) is 86.8 Å². The van der Waals surface area contributed by atoms with Crippen LogP contribution < -0.4 is 5.32 Å². The molecule has 1 aliphatic rings. The number of sulfonamides is 1. The Morgan fingerprint density at radius 2 is 1.41 bits per heavy atom. The van der Waals surface area contributed by atoms with E-state index >= 15 is 0 Å². The van der Waals surface area contributed by atoms with E-state index in [1.165, 1.54) is 16.4 Å². The zero-order valence-electron chi connectivity index (χ0n) is 25.4. The predicted molar refractivity (Wildman–Crippen MR) is 177 cm³/mol. The summed E-state index contributed by atoms with van der Waals surface area (Å²) < 4.78 is 41.1. The van der Waals surface area contributed by atoms with Crippen LogP contribution in [0.25, 0.3) is 0 Å². The van der Waals surface area contributed by atoms with Gasteiger partial charge in [-0.2, -0.15) is 4.31 Å². The van der Waals surface area contributed by atoms with Crippen molar-refractivity contribution in [1.29, 1.82) is 0 Å². The molecule has 4 aromatic carbocycles. The first kappa shape index (κ1) is 33.3. The number of amides is 2. The largest absolute Gasteiger partial charge is 0.350 e. The Morgan fingerprint density at radius 1 is 0.804 bits per heavy atom. The van der Waals surface area contributed by atoms with Crippen molar-refractivity contribution in [3.8, 4) is 0 Å². The third-order valence-corrected chi connectivity index (χ3v) is 10.3. The molecule has 0 bridgehead atoms. The molecule has 4 aromatic rings. The second-order valence-electron chi connectivity index (χ2n) is 11.5. The molecule has 10 heteroatoms. The van der Waals surface area contributed by atoms with E-state index in [-0.39, 0.29) is 42.6 Å². The van der Waals surface area contributed by atoms with Crippen LogP contribution in [-0.2, 0) is 45.5 Å². The number of rotatable bonds is 13. The average Bonchev–Trinajstić information content (AvgIpc) is 3.63. The van der Waals surface area contributed by atoms with Crippen molar-refractivity contribution >= 4 is 33.4 Å². The van der Waals surface area contributed by atoms with Crippen LogP contribution in [-0.4, -0.2) is 48.6 Å². The summed E-state index contributed by atoms with van der Waals surface area (Å²) in [5.41, 5.74) is 3.25. The molecule has 1 heterocycles. The van der Waals surface area contributed by atoms with Crippen molar-refractivity contribution in [3.63, 3.8) is 0 Å². The van der Waals surface area contributed by atoms with Crippen LogP contribution in [0.15, 0.2) is 108 Å². The fourth-order valence-electron chi connectivity index (χ4n) is 5.55. The first-order valence-electron chi connectivity index (χ1n) is 15.4. The number of hydrogen-bond acceptors (Lipinski definition) is 4. The molecular formula is C36H37ClFN3O4S. The Morgan fingerprint density at radius 3 is 2.07 bits per heavy atom. The summed E-state index contributed by atoms with van der Waals surface area (Å²) in [6.07, 6.45) is 2.45. The molecular weight excluding hydrogens is 625 g/mol. The quantitative estimate of drug-likeness (QED) is 0.186. The molecule has 7 nitrogen and oxygen atoms in total. The fraction of sp³-hybridized carbons (Fsp3) is 0.278. The van der Waals surface area contributed by atoms with Gasteiger partial charge in [-0.15, -0.1) is 0 Å². The average molecular weight is 662 g/mol. The van der Waals surface area contributed by atoms with Gasteiger partial charge in [0.15, 0.2) is 0 Å². The van der Waals surface area contributed by atoms with Gasteiger partial charge in [0.2, 0.25) is 21.8 Å². The first-order valence-corrected chi connectivity index (χ1v) is 17.2. The lowest BCUT2D eigenvalue weighted by Crippen LogP contribution is -2.50. The molecule has 0 aromatic heterocycles. The Bertz CT molecular complexity index is 1710. The summed E-state index contributed by atoms with van der Waals surface area (Å²) in [4.78, 5) is 29.6. The van der Waals surface area contributed by atoms with Crippen molar-refractivity contribution in [2.45, 2.75) is 56.1 Å². The number of hydrogen-bond donors (Lipinski definition) is 1. The minimum Gasteiger partial charge on any atom is -0.350 e. The van der Waals surface area contributed by atoms with Gasteiger partial charge in [-0.3, -0.25) is 9.59 Å². The predicted octanol–water partition coefficient (Wildman–Crippen LogP) is 6.15. The summed E-state index contributed by atoms with van der Waals surface area (Å²) in [5.74, 6) is -0.954. The van der Waals surface area contributed by atoms with Crippen molar-refractivity contribution in [2.24, 2.45) is 0 Å². The minimum atomic E-state index is -3.54. The molecule has 240 valence electrons. The maximum atomic E-state index is 14.0. The Hall–Kier alpha value is -4.05. The van der Waals surface area contributed by atoms with Crippen molar-refractivity contribution < 1.29 is 22.4 Å². The molecule has 0 unspecified atom stereocenters. The normalized spacial score (nSPS) is 14.1. The molecule has 5 rings (SSSR count). The summed E-state index contributed by atoms with van der Waals surface area (Å²) >= 11 is 6.02. The number of halogens is 2. The van der Waals surface area contributed by atoms with E-state index < -0.39 is 21.9 Å². The number of carbonyl (C=O) groups excluding carboxylic acids is 2. The summed E-state index contributed by atoms with van der Waals surface area (Å²) in [5, 5.41) is 3.58. The lowest BCUT2D eigenvalue weighted by atomic mass is 10.0. The molecule has 1 aliphatic heterocycles. The van der Waals surface area contributed by atoms with Crippen molar-refractivity contribution in [1.82, 2.24) is 14.5 Å². The van der Waals surface area contributed by atoms with E-state index in [0.717, 1.165) is 29.5 Å². The Kier molecular flexibility index (Phi) is 11.2. The summed E-state index contributed by atoms with van der Waals surface area (Å²) in [7, 11) is -3.54. The van der Waals surface area contributed by atoms with Crippen LogP contribution in [0.5, 0.6) is 0 Å². The highest BCUT2D eigenvalue weighted by molar-refractivity contribution is 7.89. The summed E-state index contributed by atoms with van der Waals surface area (Å²) in [6.45, 7) is 1.42. The van der Waals surface area contributed by atoms with Crippen LogP contribution in [0.3, 0.4) is 0 Å². The third-order valence-electron chi connectivity index (χ3n) is 8.17. The highest BCUT2D eigenvalue weighted by Crippen LogP contribution is 2.22. The van der Waals surface area contributed by atoms with Crippen LogP contribution in [0, 0.1) is 5.82 Å². The van der Waals surface area contributed by atoms with Crippen LogP contribution in [0.1, 0.15) is 41.5 Å². The van der Waals surface area contributed by atoms with E-state index in [2.05, 4.69) is 5.32 Å². The minimum absolute atomic E-state index is 0.0924. The van der Waals surface area contributed by atoms with Gasteiger partial charge >= 0.3 is 0 Å². The zero-order chi connectivity index (χ0) is 32.5. The van der Waals surface area contributed by atoms with Crippen molar-refractivity contribution in [2.75, 3.05) is 13.1 Å². The molecule has 46 heavy (non-hydrogen) atoms. The number of aryl methyl sites for hydroxylation is 1. The molecule has 1 atom stereocenters. The van der Waals surface area contributed by atoms with E-state index in [0.29, 0.717) is 30.1 Å². The van der Waals surface area contributed by atoms with Crippen LogP contribution in [0.2, 0.25) is 5.02 Å². The number of nitrogens with zero attached hydrogens (tertiary/aromatic N) is 2. The van der Waals surface area contributed by atoms with E-state index in [1.807, 2.05) is 42.5 Å². The van der Waals surface area contributed by atoms with Gasteiger partial charge in [-0.25, -0.2) is 12.8 Å². The number of benzene rings is 4. The third kappa shape index (κ3) is 8.81. The molecule has 1 saturated heterocycles. The smallest absolute Gasteiger partial charge is 0.243 e. The van der Waals surface area contributed by atoms with Crippen molar-refractivity contribution in [3.05, 3.63) is 136 Å². The SMILES string of the molecule is O=C(NCc1ccc(Cl)cc1)[C@H](Cc1ccccc1)N(Cc1ccc(F)cc1)C(=O)CCc1ccc(S(=O)(=O)N2CCCC2)cc1. The van der Waals surface area contributed by atoms with Gasteiger partial charge in [0, 0.05) is 44.0 Å². The maximum absolute atomic E-state index is 14.0. The molecule has 0 radical (unpaired) electrons. The fourth-order valence-corrected chi connectivity index (χ4v) is 7.19. The van der Waals surface area contributed by atoms with Gasteiger partial charge in [0.1, 0.15) is 11.9 Å². The molecule has 2 amide bonds. The molecule has 1 fully saturated rings. The lowest BCUT2D eigenvalue weighted by molar-refractivity contribution is -0.141. The Balaban J connectivity index is 1.36. The number of nitrogens with one attached hydrogen (secondary N) is 1. The van der Waals surface area contributed by atoms with Gasteiger partial charge in [-0.05, 0) is 77.9 Å². The number of carbonyl (C=O) groups is 2. The molecule has 0 spiro atoms. The van der Waals surface area contributed by atoms with Gasteiger partial charge in [0.05, 0.1) is 4.90 Å². The van der Waals surface area contributed by atoms with E-state index in [9.17, 15) is 22.4 Å². The van der Waals surface area contributed by atoms with Crippen LogP contribution >= 0.6 is 11.6 Å². The van der Waals surface area contributed by atoms with Gasteiger partial charge in [0.25, 0.3) is 0 Å². The summed E-state index contributed by atoms with van der Waals surface area (Å²) in [6, 6.07) is 28.4. The second kappa shape index (κ2) is 15.5. The second-order valence-corrected chi connectivity index (χ2v) is 13.8. The Labute approximate surface area is 275 Å². The van der Waals surface area contributed by atoms with E-state index in [4.69, 9.17) is 11.6 Å². The maximum Gasteiger partial charge on any atom is 0.243 e. The molecule has 0 aliphatic carbocycles. The van der Waals surface area contributed by atoms with Gasteiger partial charge < -0.3 is 10.2 Å². The molecule has 1 N–H and O–H groups in total. The highest BCUT2D eigenvalue weighted by atomic mass is 35.5. The lowest BCUT2D eigenvalue weighted by Gasteiger charge is -2.32. The monoisotopic (exact) mass is 661 g/mol. The zero-order valence-corrected chi connectivity index (χ0v) is 27.0.